The van der Waals surface area contributed by atoms with Gasteiger partial charge < -0.3 is 14.8 Å². The van der Waals surface area contributed by atoms with Crippen molar-refractivity contribution in [2.75, 3.05) is 23.3 Å². The second kappa shape index (κ2) is 6.96. The number of rotatable bonds is 3. The molecule has 1 fully saturated rings. The highest BCUT2D eigenvalue weighted by Gasteiger charge is 2.15. The topological polar surface area (TPSA) is 76.3 Å². The van der Waals surface area contributed by atoms with E-state index in [1.807, 2.05) is 24.3 Å². The molecule has 2 heterocycles. The highest BCUT2D eigenvalue weighted by atomic mass is 16.2. The molecule has 2 aromatic rings. The molecule has 1 amide bonds. The minimum absolute atomic E-state index is 0.0651. The summed E-state index contributed by atoms with van der Waals surface area (Å²) in [7, 11) is 2.86. The van der Waals surface area contributed by atoms with E-state index in [4.69, 9.17) is 0 Å². The summed E-state index contributed by atoms with van der Waals surface area (Å²) in [6.45, 7) is 2.11. The van der Waals surface area contributed by atoms with Crippen molar-refractivity contribution in [3.63, 3.8) is 0 Å². The number of nitrogens with one attached hydrogen (secondary N) is 1. The molecule has 0 saturated carbocycles. The summed E-state index contributed by atoms with van der Waals surface area (Å²) < 4.78 is 2.14. The number of hydrogen-bond donors (Lipinski definition) is 1. The van der Waals surface area contributed by atoms with Gasteiger partial charge in [-0.1, -0.05) is 0 Å². The number of aromatic nitrogens is 2. The third-order valence-electron chi connectivity index (χ3n) is 4.54. The fraction of sp³-hybridized carbons (Fsp3) is 0.389. The van der Waals surface area contributed by atoms with Crippen LogP contribution in [0.3, 0.4) is 0 Å². The Labute approximate surface area is 145 Å². The van der Waals surface area contributed by atoms with Gasteiger partial charge in [0.25, 0.3) is 11.5 Å². The summed E-state index contributed by atoms with van der Waals surface area (Å²) in [6, 6.07) is 7.60. The number of aryl methyl sites for hydroxylation is 1. The Morgan fingerprint density at radius 3 is 2.28 bits per heavy atom. The third-order valence-corrected chi connectivity index (χ3v) is 4.54. The van der Waals surface area contributed by atoms with Crippen LogP contribution in [0.5, 0.6) is 0 Å². The lowest BCUT2D eigenvalue weighted by molar-refractivity contribution is 0.102. The number of piperidine rings is 1. The van der Waals surface area contributed by atoms with E-state index in [1.54, 1.807) is 0 Å². The summed E-state index contributed by atoms with van der Waals surface area (Å²) in [5, 5.41) is 2.72. The lowest BCUT2D eigenvalue weighted by Crippen LogP contribution is -2.40. The van der Waals surface area contributed by atoms with Crippen molar-refractivity contribution in [1.82, 2.24) is 9.13 Å². The summed E-state index contributed by atoms with van der Waals surface area (Å²) in [4.78, 5) is 38.5. The van der Waals surface area contributed by atoms with Gasteiger partial charge >= 0.3 is 5.69 Å². The molecule has 25 heavy (non-hydrogen) atoms. The molecule has 132 valence electrons. The SMILES string of the molecule is Cn1cc(C(=O)Nc2ccc(N3CCCCC3)cc2)c(=O)n(C)c1=O. The van der Waals surface area contributed by atoms with E-state index in [-0.39, 0.29) is 5.56 Å². The first-order valence-corrected chi connectivity index (χ1v) is 8.40. The zero-order valence-corrected chi connectivity index (χ0v) is 14.5. The molecule has 1 aliphatic rings. The fourth-order valence-corrected chi connectivity index (χ4v) is 3.07. The highest BCUT2D eigenvalue weighted by molar-refractivity contribution is 6.03. The van der Waals surface area contributed by atoms with Gasteiger partial charge in [-0.15, -0.1) is 0 Å². The molecule has 0 bridgehead atoms. The molecule has 7 heteroatoms. The first-order valence-electron chi connectivity index (χ1n) is 8.40. The first-order chi connectivity index (χ1) is 12.0. The van der Waals surface area contributed by atoms with Crippen LogP contribution in [0.1, 0.15) is 29.6 Å². The minimum atomic E-state index is -0.606. The summed E-state index contributed by atoms with van der Waals surface area (Å²) >= 11 is 0. The van der Waals surface area contributed by atoms with Gasteiger partial charge in [-0.25, -0.2) is 4.79 Å². The molecule has 1 aromatic heterocycles. The lowest BCUT2D eigenvalue weighted by atomic mass is 10.1. The molecule has 0 radical (unpaired) electrons. The maximum atomic E-state index is 12.4. The number of benzene rings is 1. The number of anilines is 2. The summed E-state index contributed by atoms with van der Waals surface area (Å²) in [5.74, 6) is -0.526. The normalized spacial score (nSPS) is 14.4. The first kappa shape index (κ1) is 17.0. The van der Waals surface area contributed by atoms with Crippen molar-refractivity contribution in [3.8, 4) is 0 Å². The van der Waals surface area contributed by atoms with Crippen LogP contribution in [0.25, 0.3) is 0 Å². The molecule has 0 spiro atoms. The van der Waals surface area contributed by atoms with Gasteiger partial charge in [-0.3, -0.25) is 14.2 Å². The van der Waals surface area contributed by atoms with Crippen LogP contribution in [0, 0.1) is 0 Å². The molecule has 1 N–H and O–H groups in total. The van der Waals surface area contributed by atoms with Crippen molar-refractivity contribution in [2.45, 2.75) is 19.3 Å². The van der Waals surface area contributed by atoms with E-state index in [0.29, 0.717) is 5.69 Å². The van der Waals surface area contributed by atoms with Crippen molar-refractivity contribution < 1.29 is 4.79 Å². The Morgan fingerprint density at radius 1 is 1.00 bits per heavy atom. The Bertz CT molecular complexity index is 890. The van der Waals surface area contributed by atoms with Gasteiger partial charge in [0.05, 0.1) is 0 Å². The number of carbonyl (C=O) groups is 1. The predicted molar refractivity (Wildman–Crippen MR) is 97.4 cm³/mol. The van der Waals surface area contributed by atoms with Crippen LogP contribution >= 0.6 is 0 Å². The number of hydrogen-bond acceptors (Lipinski definition) is 4. The average Bonchev–Trinajstić information content (AvgIpc) is 2.64. The van der Waals surface area contributed by atoms with Gasteiger partial charge in [0.2, 0.25) is 0 Å². The monoisotopic (exact) mass is 342 g/mol. The van der Waals surface area contributed by atoms with Crippen LogP contribution in [0.15, 0.2) is 40.1 Å². The maximum Gasteiger partial charge on any atom is 0.330 e. The van der Waals surface area contributed by atoms with Crippen molar-refractivity contribution in [3.05, 3.63) is 56.9 Å². The van der Waals surface area contributed by atoms with E-state index in [2.05, 4.69) is 10.2 Å². The summed E-state index contributed by atoms with van der Waals surface area (Å²) in [5.41, 5.74) is 0.611. The Morgan fingerprint density at radius 2 is 1.64 bits per heavy atom. The van der Waals surface area contributed by atoms with Crippen molar-refractivity contribution in [2.24, 2.45) is 14.1 Å². The minimum Gasteiger partial charge on any atom is -0.372 e. The summed E-state index contributed by atoms with van der Waals surface area (Å²) in [6.07, 6.45) is 4.95. The van der Waals surface area contributed by atoms with Gasteiger partial charge in [-0.2, -0.15) is 0 Å². The standard InChI is InChI=1S/C18H22N4O3/c1-20-12-15(17(24)21(2)18(20)25)16(23)19-13-6-8-14(9-7-13)22-10-4-3-5-11-22/h6-9,12H,3-5,10-11H2,1-2H3,(H,19,23). The van der Waals surface area contributed by atoms with Gasteiger partial charge in [0, 0.05) is 44.8 Å². The molecule has 1 aliphatic heterocycles. The second-order valence-corrected chi connectivity index (χ2v) is 6.35. The lowest BCUT2D eigenvalue weighted by Gasteiger charge is -2.28. The average molecular weight is 342 g/mol. The third kappa shape index (κ3) is 3.50. The van der Waals surface area contributed by atoms with Crippen LogP contribution in [0.2, 0.25) is 0 Å². The molecular formula is C18H22N4O3. The van der Waals surface area contributed by atoms with Crippen LogP contribution in [0.4, 0.5) is 11.4 Å². The van der Waals surface area contributed by atoms with E-state index >= 15 is 0 Å². The van der Waals surface area contributed by atoms with Gasteiger partial charge in [-0.05, 0) is 43.5 Å². The van der Waals surface area contributed by atoms with Crippen molar-refractivity contribution >= 4 is 17.3 Å². The van der Waals surface area contributed by atoms with E-state index in [0.717, 1.165) is 23.3 Å². The molecule has 1 aromatic carbocycles. The van der Waals surface area contributed by atoms with E-state index < -0.39 is 17.2 Å². The van der Waals surface area contributed by atoms with Crippen LogP contribution in [-0.4, -0.2) is 28.1 Å². The predicted octanol–water partition coefficient (Wildman–Crippen LogP) is 1.33. The molecule has 3 rings (SSSR count). The largest absolute Gasteiger partial charge is 0.372 e. The van der Waals surface area contributed by atoms with Crippen molar-refractivity contribution in [1.29, 1.82) is 0 Å². The van der Waals surface area contributed by atoms with Gasteiger partial charge in [0.15, 0.2) is 0 Å². The zero-order valence-electron chi connectivity index (χ0n) is 14.5. The smallest absolute Gasteiger partial charge is 0.330 e. The maximum absolute atomic E-state index is 12.4. The van der Waals surface area contributed by atoms with Gasteiger partial charge in [0.1, 0.15) is 5.56 Å². The Hall–Kier alpha value is -2.83. The van der Waals surface area contributed by atoms with Crippen LogP contribution in [-0.2, 0) is 14.1 Å². The number of amides is 1. The fourth-order valence-electron chi connectivity index (χ4n) is 3.07. The quantitative estimate of drug-likeness (QED) is 0.913. The second-order valence-electron chi connectivity index (χ2n) is 6.35. The van der Waals surface area contributed by atoms with E-state index in [9.17, 15) is 14.4 Å². The molecular weight excluding hydrogens is 320 g/mol. The van der Waals surface area contributed by atoms with Crippen LogP contribution < -0.4 is 21.5 Å². The number of nitrogens with zero attached hydrogens (tertiary/aromatic N) is 3. The molecule has 0 unspecified atom stereocenters. The highest BCUT2D eigenvalue weighted by Crippen LogP contribution is 2.21. The molecule has 7 nitrogen and oxygen atoms in total. The Balaban J connectivity index is 1.77. The molecule has 0 aliphatic carbocycles. The zero-order chi connectivity index (χ0) is 18.0. The molecule has 1 saturated heterocycles. The Kier molecular flexibility index (Phi) is 4.74. The molecule has 0 atom stereocenters. The van der Waals surface area contributed by atoms with E-state index in [1.165, 1.54) is 44.1 Å². The number of carbonyl (C=O) groups excluding carboxylic acids is 1.